The van der Waals surface area contributed by atoms with E-state index in [4.69, 9.17) is 0 Å². The van der Waals surface area contributed by atoms with Gasteiger partial charge in [-0.05, 0) is 30.9 Å². The van der Waals surface area contributed by atoms with Crippen LogP contribution in [0.1, 0.15) is 30.3 Å². The highest BCUT2D eigenvalue weighted by Crippen LogP contribution is 2.25. The monoisotopic (exact) mass is 345 g/mol. The number of thiophene rings is 1. The van der Waals surface area contributed by atoms with E-state index in [-0.39, 0.29) is 24.4 Å². The summed E-state index contributed by atoms with van der Waals surface area (Å²) in [6.45, 7) is 4.21. The Morgan fingerprint density at radius 3 is 2.50 bits per heavy atom. The Labute approximate surface area is 146 Å². The summed E-state index contributed by atoms with van der Waals surface area (Å²) in [7, 11) is 0. The summed E-state index contributed by atoms with van der Waals surface area (Å²) >= 11 is 1.64. The molecule has 0 unspecified atom stereocenters. The molecule has 5 nitrogen and oxygen atoms in total. The van der Waals surface area contributed by atoms with Gasteiger partial charge in [0.1, 0.15) is 6.04 Å². The molecule has 0 saturated carbocycles. The largest absolute Gasteiger partial charge is 0.355 e. The summed E-state index contributed by atoms with van der Waals surface area (Å²) in [6.07, 6.45) is 0. The zero-order valence-corrected chi connectivity index (χ0v) is 14.7. The summed E-state index contributed by atoms with van der Waals surface area (Å²) in [5.41, 5.74) is 1.10. The van der Waals surface area contributed by atoms with Gasteiger partial charge in [-0.1, -0.05) is 36.4 Å². The fraction of sp³-hybridized carbons (Fsp3) is 0.333. The average Bonchev–Trinajstić information content (AvgIpc) is 3.10. The first-order valence-corrected chi connectivity index (χ1v) is 8.88. The Balaban J connectivity index is 1.96. The number of amides is 2. The van der Waals surface area contributed by atoms with E-state index >= 15 is 0 Å². The first-order valence-electron chi connectivity index (χ1n) is 8.00. The lowest BCUT2D eigenvalue weighted by Gasteiger charge is -2.19. The van der Waals surface area contributed by atoms with Crippen molar-refractivity contribution in [1.29, 1.82) is 0 Å². The van der Waals surface area contributed by atoms with Gasteiger partial charge in [-0.2, -0.15) is 0 Å². The normalized spacial score (nSPS) is 13.1. The maximum atomic E-state index is 12.1. The molecule has 128 valence electrons. The quantitative estimate of drug-likeness (QED) is 0.686. The molecule has 0 fully saturated rings. The van der Waals surface area contributed by atoms with E-state index in [0.29, 0.717) is 6.54 Å². The average molecular weight is 345 g/mol. The lowest BCUT2D eigenvalue weighted by Crippen LogP contribution is -2.47. The Morgan fingerprint density at radius 1 is 1.12 bits per heavy atom. The predicted molar refractivity (Wildman–Crippen MR) is 96.9 cm³/mol. The van der Waals surface area contributed by atoms with Crippen LogP contribution in [0.3, 0.4) is 0 Å². The van der Waals surface area contributed by atoms with E-state index in [1.807, 2.05) is 54.8 Å². The maximum Gasteiger partial charge on any atom is 0.242 e. The summed E-state index contributed by atoms with van der Waals surface area (Å²) in [5, 5.41) is 10.7. The van der Waals surface area contributed by atoms with Gasteiger partial charge in [0.05, 0.1) is 12.6 Å². The third-order valence-electron chi connectivity index (χ3n) is 3.55. The van der Waals surface area contributed by atoms with Crippen LogP contribution in [-0.4, -0.2) is 30.9 Å². The van der Waals surface area contributed by atoms with Crippen LogP contribution in [0.25, 0.3) is 0 Å². The first-order chi connectivity index (χ1) is 11.6. The molecule has 0 radical (unpaired) electrons. The SMILES string of the molecule is CCNC(=O)[C@@H](C)NC(=O)CN[C@@H](c1ccccc1)c1cccs1. The van der Waals surface area contributed by atoms with Crippen molar-refractivity contribution < 1.29 is 9.59 Å². The Bertz CT molecular complexity index is 644. The highest BCUT2D eigenvalue weighted by molar-refractivity contribution is 7.10. The molecule has 3 N–H and O–H groups in total. The van der Waals surface area contributed by atoms with Crippen LogP contribution >= 0.6 is 11.3 Å². The van der Waals surface area contributed by atoms with Gasteiger partial charge in [0.25, 0.3) is 0 Å². The molecule has 6 heteroatoms. The van der Waals surface area contributed by atoms with E-state index in [1.165, 1.54) is 0 Å². The fourth-order valence-corrected chi connectivity index (χ4v) is 3.19. The maximum absolute atomic E-state index is 12.1. The van der Waals surface area contributed by atoms with E-state index in [0.717, 1.165) is 10.4 Å². The van der Waals surface area contributed by atoms with Crippen molar-refractivity contribution in [1.82, 2.24) is 16.0 Å². The van der Waals surface area contributed by atoms with Crippen LogP contribution in [0, 0.1) is 0 Å². The van der Waals surface area contributed by atoms with Gasteiger partial charge >= 0.3 is 0 Å². The third-order valence-corrected chi connectivity index (χ3v) is 4.49. The van der Waals surface area contributed by atoms with E-state index in [1.54, 1.807) is 18.3 Å². The Morgan fingerprint density at radius 2 is 1.88 bits per heavy atom. The van der Waals surface area contributed by atoms with Gasteiger partial charge in [-0.25, -0.2) is 0 Å². The van der Waals surface area contributed by atoms with Crippen molar-refractivity contribution in [3.8, 4) is 0 Å². The second-order valence-corrected chi connectivity index (χ2v) is 6.40. The van der Waals surface area contributed by atoms with Crippen molar-refractivity contribution in [2.75, 3.05) is 13.1 Å². The molecule has 2 atom stereocenters. The molecule has 0 saturated heterocycles. The Kier molecular flexibility index (Phi) is 6.96. The Hall–Kier alpha value is -2.18. The molecule has 1 heterocycles. The van der Waals surface area contributed by atoms with Crippen molar-refractivity contribution in [2.24, 2.45) is 0 Å². The molecular formula is C18H23N3O2S. The van der Waals surface area contributed by atoms with Crippen LogP contribution in [0.5, 0.6) is 0 Å². The first kappa shape index (κ1) is 18.2. The highest BCUT2D eigenvalue weighted by Gasteiger charge is 2.18. The smallest absolute Gasteiger partial charge is 0.242 e. The van der Waals surface area contributed by atoms with Gasteiger partial charge in [0, 0.05) is 11.4 Å². The van der Waals surface area contributed by atoms with Crippen molar-refractivity contribution in [3.63, 3.8) is 0 Å². The van der Waals surface area contributed by atoms with Gasteiger partial charge in [-0.3, -0.25) is 14.9 Å². The van der Waals surface area contributed by atoms with Crippen LogP contribution in [0.2, 0.25) is 0 Å². The number of carbonyl (C=O) groups is 2. The number of nitrogens with one attached hydrogen (secondary N) is 3. The van der Waals surface area contributed by atoms with Gasteiger partial charge in [0.15, 0.2) is 0 Å². The molecule has 0 aliphatic rings. The summed E-state index contributed by atoms with van der Waals surface area (Å²) in [6, 6.07) is 13.4. The molecule has 0 aliphatic carbocycles. The molecule has 1 aromatic heterocycles. The van der Waals surface area contributed by atoms with Crippen molar-refractivity contribution in [2.45, 2.75) is 25.9 Å². The standard InChI is InChI=1S/C18H23N3O2S/c1-3-19-18(23)13(2)21-16(22)12-20-17(15-10-7-11-24-15)14-8-5-4-6-9-14/h4-11,13,17,20H,3,12H2,1-2H3,(H,19,23)(H,21,22)/t13-,17+/m1/s1. The van der Waals surface area contributed by atoms with Crippen molar-refractivity contribution in [3.05, 3.63) is 58.3 Å². The second kappa shape index (κ2) is 9.20. The van der Waals surface area contributed by atoms with Crippen LogP contribution in [-0.2, 0) is 9.59 Å². The highest BCUT2D eigenvalue weighted by atomic mass is 32.1. The number of likely N-dealkylation sites (N-methyl/N-ethyl adjacent to an activating group) is 1. The van der Waals surface area contributed by atoms with E-state index < -0.39 is 6.04 Å². The molecule has 0 bridgehead atoms. The fourth-order valence-electron chi connectivity index (χ4n) is 2.36. The summed E-state index contributed by atoms with van der Waals surface area (Å²) in [4.78, 5) is 24.9. The molecule has 0 spiro atoms. The predicted octanol–water partition coefficient (Wildman–Crippen LogP) is 2.07. The molecule has 0 aliphatic heterocycles. The molecule has 2 aromatic rings. The minimum atomic E-state index is -0.545. The zero-order chi connectivity index (χ0) is 17.4. The van der Waals surface area contributed by atoms with Gasteiger partial charge in [-0.15, -0.1) is 11.3 Å². The summed E-state index contributed by atoms with van der Waals surface area (Å²) in [5.74, 6) is -0.380. The molecule has 24 heavy (non-hydrogen) atoms. The van der Waals surface area contributed by atoms with Crippen LogP contribution in [0.15, 0.2) is 47.8 Å². The molecule has 2 amide bonds. The minimum absolute atomic E-state index is 0.0447. The lowest BCUT2D eigenvalue weighted by atomic mass is 10.1. The van der Waals surface area contributed by atoms with Crippen LogP contribution < -0.4 is 16.0 Å². The zero-order valence-electron chi connectivity index (χ0n) is 13.9. The topological polar surface area (TPSA) is 70.2 Å². The van der Waals surface area contributed by atoms with E-state index in [2.05, 4.69) is 16.0 Å². The van der Waals surface area contributed by atoms with E-state index in [9.17, 15) is 9.59 Å². The van der Waals surface area contributed by atoms with Crippen molar-refractivity contribution >= 4 is 23.2 Å². The number of hydrogen-bond donors (Lipinski definition) is 3. The lowest BCUT2D eigenvalue weighted by molar-refractivity contribution is -0.128. The number of carbonyl (C=O) groups excluding carboxylic acids is 2. The van der Waals surface area contributed by atoms with Gasteiger partial charge in [0.2, 0.25) is 11.8 Å². The van der Waals surface area contributed by atoms with Crippen LogP contribution in [0.4, 0.5) is 0 Å². The number of rotatable bonds is 8. The second-order valence-electron chi connectivity index (χ2n) is 5.42. The number of hydrogen-bond acceptors (Lipinski definition) is 4. The molecule has 1 aromatic carbocycles. The third kappa shape index (κ3) is 5.18. The molecular weight excluding hydrogens is 322 g/mol. The summed E-state index contributed by atoms with van der Waals surface area (Å²) < 4.78 is 0. The number of benzene rings is 1. The minimum Gasteiger partial charge on any atom is -0.355 e. The molecule has 2 rings (SSSR count). The van der Waals surface area contributed by atoms with Gasteiger partial charge < -0.3 is 10.6 Å².